The summed E-state index contributed by atoms with van der Waals surface area (Å²) in [5.74, 6) is -0.0999. The number of fused-ring (bicyclic) bond motifs is 1. The first-order valence-electron chi connectivity index (χ1n) is 14.6. The van der Waals surface area contributed by atoms with Crippen molar-refractivity contribution in [2.24, 2.45) is 11.3 Å². The van der Waals surface area contributed by atoms with E-state index < -0.39 is 11.6 Å². The average molecular weight is 557 g/mol. The van der Waals surface area contributed by atoms with Gasteiger partial charge in [0.15, 0.2) is 0 Å². The molecule has 4 fully saturated rings. The number of ether oxygens (including phenoxy) is 1. The van der Waals surface area contributed by atoms with Crippen LogP contribution in [-0.4, -0.2) is 55.4 Å². The molecule has 7 heteroatoms. The molecule has 2 aliphatic carbocycles. The second-order valence-electron chi connectivity index (χ2n) is 11.7. The Hall–Kier alpha value is -1.96. The van der Waals surface area contributed by atoms with Gasteiger partial charge in [0.1, 0.15) is 11.6 Å². The molecule has 4 unspecified atom stereocenters. The lowest BCUT2D eigenvalue weighted by molar-refractivity contribution is -0.120. The standard InChI is InChI=1S/C21H27F2NO.C11H15NOS/c22-16-9-15(10-17(23)11-16)19(14-3-7-25-8-4-14)2-6-24-18-1-5-21(12-18)13-20(21)24;1-3-12-11(13)8-9-4-6-10(14-2)7-5-9/h9-11,14,18-20H,1-8,12-13H2;4-7H,3,8H2,1-2H3,(H,12,13). The molecule has 2 bridgehead atoms. The van der Waals surface area contributed by atoms with Crippen molar-refractivity contribution >= 4 is 17.7 Å². The molecule has 2 aromatic rings. The molecule has 39 heavy (non-hydrogen) atoms. The minimum Gasteiger partial charge on any atom is -0.381 e. The summed E-state index contributed by atoms with van der Waals surface area (Å²) in [5.41, 5.74) is 2.58. The molecule has 4 atom stereocenters. The topological polar surface area (TPSA) is 41.6 Å². The van der Waals surface area contributed by atoms with Gasteiger partial charge in [-0.2, -0.15) is 0 Å². The first-order valence-corrected chi connectivity index (χ1v) is 15.8. The monoisotopic (exact) mass is 556 g/mol. The van der Waals surface area contributed by atoms with Gasteiger partial charge in [-0.05, 0) is 117 Å². The molecule has 4 nitrogen and oxygen atoms in total. The van der Waals surface area contributed by atoms with E-state index in [0.717, 1.165) is 68.3 Å². The number of carbonyl (C=O) groups is 1. The van der Waals surface area contributed by atoms with Crippen molar-refractivity contribution in [3.8, 4) is 0 Å². The summed E-state index contributed by atoms with van der Waals surface area (Å²) in [4.78, 5) is 15.2. The molecule has 1 amide bonds. The third-order valence-electron chi connectivity index (χ3n) is 9.38. The Labute approximate surface area is 236 Å². The van der Waals surface area contributed by atoms with Gasteiger partial charge in [-0.3, -0.25) is 9.69 Å². The number of likely N-dealkylation sites (tertiary alicyclic amines) is 1. The molecule has 4 aliphatic rings. The van der Waals surface area contributed by atoms with Crippen molar-refractivity contribution in [3.05, 3.63) is 65.2 Å². The number of piperidine rings is 2. The number of benzene rings is 2. The molecule has 2 saturated heterocycles. The van der Waals surface area contributed by atoms with Crippen LogP contribution in [0.3, 0.4) is 0 Å². The molecule has 2 heterocycles. The Balaban J connectivity index is 0.000000189. The fraction of sp³-hybridized carbons (Fsp3) is 0.594. The highest BCUT2D eigenvalue weighted by atomic mass is 32.2. The first kappa shape index (κ1) is 28.6. The van der Waals surface area contributed by atoms with Crippen LogP contribution in [0.25, 0.3) is 0 Å². The van der Waals surface area contributed by atoms with Crippen molar-refractivity contribution in [2.45, 2.75) is 81.2 Å². The van der Waals surface area contributed by atoms with Gasteiger partial charge in [-0.1, -0.05) is 12.1 Å². The molecule has 1 N–H and O–H groups in total. The molecule has 2 aromatic carbocycles. The fourth-order valence-corrected chi connectivity index (χ4v) is 7.75. The highest BCUT2D eigenvalue weighted by Gasteiger charge is 2.67. The highest BCUT2D eigenvalue weighted by Crippen LogP contribution is 2.67. The van der Waals surface area contributed by atoms with Crippen LogP contribution in [0.2, 0.25) is 0 Å². The summed E-state index contributed by atoms with van der Waals surface area (Å²) in [7, 11) is 0. The van der Waals surface area contributed by atoms with E-state index >= 15 is 0 Å². The molecular weight excluding hydrogens is 514 g/mol. The Morgan fingerprint density at radius 3 is 2.44 bits per heavy atom. The van der Waals surface area contributed by atoms with Gasteiger partial charge in [0, 0.05) is 42.8 Å². The van der Waals surface area contributed by atoms with Crippen LogP contribution in [-0.2, 0) is 16.0 Å². The van der Waals surface area contributed by atoms with Crippen LogP contribution < -0.4 is 5.32 Å². The molecule has 2 saturated carbocycles. The van der Waals surface area contributed by atoms with E-state index in [1.165, 1.54) is 30.6 Å². The van der Waals surface area contributed by atoms with Gasteiger partial charge in [0.2, 0.25) is 5.91 Å². The van der Waals surface area contributed by atoms with Gasteiger partial charge in [-0.25, -0.2) is 8.78 Å². The maximum absolute atomic E-state index is 13.8. The highest BCUT2D eigenvalue weighted by molar-refractivity contribution is 7.98. The van der Waals surface area contributed by atoms with Gasteiger partial charge in [0.25, 0.3) is 0 Å². The van der Waals surface area contributed by atoms with Crippen LogP contribution in [0.5, 0.6) is 0 Å². The van der Waals surface area contributed by atoms with E-state index in [1.807, 2.05) is 37.4 Å². The van der Waals surface area contributed by atoms with Gasteiger partial charge >= 0.3 is 0 Å². The van der Waals surface area contributed by atoms with E-state index in [9.17, 15) is 13.6 Å². The minimum atomic E-state index is -0.451. The smallest absolute Gasteiger partial charge is 0.224 e. The zero-order chi connectivity index (χ0) is 27.4. The molecular formula is C32H42F2N2O2S. The zero-order valence-corrected chi connectivity index (χ0v) is 24.1. The van der Waals surface area contributed by atoms with Crippen LogP contribution in [0.15, 0.2) is 47.4 Å². The predicted molar refractivity (Wildman–Crippen MR) is 153 cm³/mol. The summed E-state index contributed by atoms with van der Waals surface area (Å²) < 4.78 is 33.1. The summed E-state index contributed by atoms with van der Waals surface area (Å²) in [6.07, 6.45) is 11.1. The Kier molecular flexibility index (Phi) is 9.30. The summed E-state index contributed by atoms with van der Waals surface area (Å²) in [6.45, 7) is 5.25. The van der Waals surface area contributed by atoms with Crippen molar-refractivity contribution < 1.29 is 18.3 Å². The maximum Gasteiger partial charge on any atom is 0.224 e. The van der Waals surface area contributed by atoms with Crippen LogP contribution >= 0.6 is 11.8 Å². The number of halogens is 2. The number of carbonyl (C=O) groups excluding carboxylic acids is 1. The van der Waals surface area contributed by atoms with Gasteiger partial charge < -0.3 is 10.1 Å². The Morgan fingerprint density at radius 2 is 1.82 bits per heavy atom. The summed E-state index contributed by atoms with van der Waals surface area (Å²) in [6, 6.07) is 13.8. The number of hydrogen-bond donors (Lipinski definition) is 1. The molecule has 212 valence electrons. The Bertz CT molecular complexity index is 1100. The number of rotatable bonds is 9. The van der Waals surface area contributed by atoms with E-state index in [4.69, 9.17) is 4.74 Å². The summed E-state index contributed by atoms with van der Waals surface area (Å²) in [5, 5.41) is 2.78. The molecule has 6 rings (SSSR count). The quantitative estimate of drug-likeness (QED) is 0.355. The zero-order valence-electron chi connectivity index (χ0n) is 23.3. The fourth-order valence-electron chi connectivity index (χ4n) is 7.35. The maximum atomic E-state index is 13.8. The van der Waals surface area contributed by atoms with Crippen molar-refractivity contribution in [1.82, 2.24) is 10.2 Å². The average Bonchev–Trinajstić information content (AvgIpc) is 3.38. The minimum absolute atomic E-state index is 0.0874. The molecule has 1 spiro atoms. The van der Waals surface area contributed by atoms with Gasteiger partial charge in [0.05, 0.1) is 6.42 Å². The SMILES string of the molecule is CCNC(=O)Cc1ccc(SC)cc1.Fc1cc(F)cc(C(CCN2C3CCC4(C3)CC24)C2CCOCC2)c1. The lowest BCUT2D eigenvalue weighted by Gasteiger charge is -2.34. The first-order chi connectivity index (χ1) is 18.9. The number of hydrogen-bond acceptors (Lipinski definition) is 4. The van der Waals surface area contributed by atoms with Crippen molar-refractivity contribution in [2.75, 3.05) is 32.6 Å². The van der Waals surface area contributed by atoms with E-state index in [-0.39, 0.29) is 11.8 Å². The largest absolute Gasteiger partial charge is 0.381 e. The van der Waals surface area contributed by atoms with E-state index in [0.29, 0.717) is 24.3 Å². The third kappa shape index (κ3) is 6.86. The lowest BCUT2D eigenvalue weighted by atomic mass is 9.79. The summed E-state index contributed by atoms with van der Waals surface area (Å²) >= 11 is 1.71. The number of amides is 1. The lowest BCUT2D eigenvalue weighted by Crippen LogP contribution is -2.36. The second kappa shape index (κ2) is 12.7. The molecule has 0 aromatic heterocycles. The number of nitrogens with zero attached hydrogens (tertiary/aromatic N) is 1. The number of nitrogens with one attached hydrogen (secondary N) is 1. The van der Waals surface area contributed by atoms with Crippen LogP contribution in [0.1, 0.15) is 68.9 Å². The van der Waals surface area contributed by atoms with Crippen LogP contribution in [0, 0.1) is 23.0 Å². The van der Waals surface area contributed by atoms with E-state index in [2.05, 4.69) is 10.2 Å². The van der Waals surface area contributed by atoms with Crippen molar-refractivity contribution in [3.63, 3.8) is 0 Å². The van der Waals surface area contributed by atoms with Crippen LogP contribution in [0.4, 0.5) is 8.78 Å². The predicted octanol–water partition coefficient (Wildman–Crippen LogP) is 6.58. The second-order valence-corrected chi connectivity index (χ2v) is 12.6. The van der Waals surface area contributed by atoms with Gasteiger partial charge in [-0.15, -0.1) is 11.8 Å². The normalized spacial score (nSPS) is 26.5. The number of thioether (sulfide) groups is 1. The Morgan fingerprint density at radius 1 is 1.10 bits per heavy atom. The van der Waals surface area contributed by atoms with E-state index in [1.54, 1.807) is 23.9 Å². The van der Waals surface area contributed by atoms with Crippen molar-refractivity contribution in [1.29, 1.82) is 0 Å². The molecule has 2 aliphatic heterocycles. The number of likely N-dealkylation sites (N-methyl/N-ethyl adjacent to an activating group) is 1. The molecule has 0 radical (unpaired) electrons. The third-order valence-corrected chi connectivity index (χ3v) is 10.1.